The molecule has 0 amide bonds. The third kappa shape index (κ3) is 4.07. The zero-order valence-corrected chi connectivity index (χ0v) is 11.8. The lowest BCUT2D eigenvalue weighted by atomic mass is 10.2. The van der Waals surface area contributed by atoms with E-state index >= 15 is 0 Å². The molecule has 0 fully saturated rings. The van der Waals surface area contributed by atoms with Crippen LogP contribution in [0.2, 0.25) is 0 Å². The van der Waals surface area contributed by atoms with Crippen molar-refractivity contribution in [1.82, 2.24) is 4.90 Å². The summed E-state index contributed by atoms with van der Waals surface area (Å²) in [5.41, 5.74) is 1.25. The first-order valence-electron chi connectivity index (χ1n) is 6.33. The number of benzene rings is 1. The Bertz CT molecular complexity index is 531. The number of thiophene rings is 1. The quantitative estimate of drug-likeness (QED) is 0.585. The highest BCUT2D eigenvalue weighted by atomic mass is 32.1. The van der Waals surface area contributed by atoms with Crippen LogP contribution >= 0.6 is 11.3 Å². The lowest BCUT2D eigenvalue weighted by molar-refractivity contribution is 0.104. The van der Waals surface area contributed by atoms with E-state index in [1.165, 1.54) is 16.9 Å². The van der Waals surface area contributed by atoms with E-state index in [0.29, 0.717) is 0 Å². The average molecular weight is 271 g/mol. The molecule has 2 aromatic rings. The second-order valence-electron chi connectivity index (χ2n) is 4.21. The topological polar surface area (TPSA) is 20.3 Å². The Hall–Kier alpha value is -1.87. The maximum absolute atomic E-state index is 11.9. The number of carbonyl (C=O) groups excluding carboxylic acids is 1. The van der Waals surface area contributed by atoms with Crippen molar-refractivity contribution >= 4 is 17.1 Å². The van der Waals surface area contributed by atoms with E-state index in [2.05, 4.69) is 24.0 Å². The van der Waals surface area contributed by atoms with Crippen molar-refractivity contribution in [2.45, 2.75) is 13.5 Å². The molecule has 0 unspecified atom stereocenters. The number of hydrogen-bond acceptors (Lipinski definition) is 3. The third-order valence-corrected chi connectivity index (χ3v) is 3.72. The summed E-state index contributed by atoms with van der Waals surface area (Å²) in [6.07, 6.45) is 3.54. The van der Waals surface area contributed by atoms with Gasteiger partial charge in [0.2, 0.25) is 0 Å². The van der Waals surface area contributed by atoms with Crippen molar-refractivity contribution in [2.24, 2.45) is 0 Å². The van der Waals surface area contributed by atoms with Crippen molar-refractivity contribution in [1.29, 1.82) is 0 Å². The number of allylic oxidation sites excluding steroid dienone is 1. The summed E-state index contributed by atoms with van der Waals surface area (Å²) in [4.78, 5) is 14.8. The SMILES string of the molecule is CCN(/C=C\C(=O)c1cccs1)Cc1ccccc1. The second-order valence-corrected chi connectivity index (χ2v) is 5.15. The third-order valence-electron chi connectivity index (χ3n) is 2.84. The molecule has 0 aliphatic heterocycles. The fraction of sp³-hybridized carbons (Fsp3) is 0.188. The predicted octanol–water partition coefficient (Wildman–Crippen LogP) is 3.97. The minimum atomic E-state index is 0.0708. The Balaban J connectivity index is 1.97. The molecule has 0 saturated heterocycles. The van der Waals surface area contributed by atoms with Gasteiger partial charge in [0.25, 0.3) is 0 Å². The molecule has 0 bridgehead atoms. The maximum Gasteiger partial charge on any atom is 0.197 e. The van der Waals surface area contributed by atoms with Crippen LogP contribution in [0.3, 0.4) is 0 Å². The first kappa shape index (κ1) is 13.6. The highest BCUT2D eigenvalue weighted by molar-refractivity contribution is 7.12. The monoisotopic (exact) mass is 271 g/mol. The molecule has 0 atom stereocenters. The van der Waals surface area contributed by atoms with Crippen LogP contribution in [0.5, 0.6) is 0 Å². The van der Waals surface area contributed by atoms with Crippen LogP contribution in [0.1, 0.15) is 22.2 Å². The minimum Gasteiger partial charge on any atom is -0.373 e. The van der Waals surface area contributed by atoms with E-state index in [4.69, 9.17) is 0 Å². The van der Waals surface area contributed by atoms with Gasteiger partial charge in [-0.2, -0.15) is 0 Å². The number of nitrogens with zero attached hydrogens (tertiary/aromatic N) is 1. The van der Waals surface area contributed by atoms with E-state index in [-0.39, 0.29) is 5.78 Å². The smallest absolute Gasteiger partial charge is 0.197 e. The van der Waals surface area contributed by atoms with Crippen LogP contribution < -0.4 is 0 Å². The number of rotatable bonds is 6. The summed E-state index contributed by atoms with van der Waals surface area (Å²) in [6.45, 7) is 3.79. The summed E-state index contributed by atoms with van der Waals surface area (Å²) >= 11 is 1.47. The molecule has 1 aromatic carbocycles. The van der Waals surface area contributed by atoms with Crippen molar-refractivity contribution in [2.75, 3.05) is 6.54 Å². The molecule has 2 rings (SSSR count). The van der Waals surface area contributed by atoms with Gasteiger partial charge in [-0.05, 0) is 23.9 Å². The lowest BCUT2D eigenvalue weighted by Gasteiger charge is -2.17. The Morgan fingerprint density at radius 1 is 1.21 bits per heavy atom. The minimum absolute atomic E-state index is 0.0708. The molecule has 1 aromatic heterocycles. The van der Waals surface area contributed by atoms with Gasteiger partial charge in [-0.25, -0.2) is 0 Å². The fourth-order valence-electron chi connectivity index (χ4n) is 1.76. The van der Waals surface area contributed by atoms with Crippen molar-refractivity contribution in [3.05, 3.63) is 70.6 Å². The molecule has 2 nitrogen and oxygen atoms in total. The van der Waals surface area contributed by atoms with Gasteiger partial charge in [0.05, 0.1) is 4.88 Å². The molecule has 0 saturated carbocycles. The molecule has 0 spiro atoms. The molecule has 0 radical (unpaired) electrons. The summed E-state index contributed by atoms with van der Waals surface area (Å²) < 4.78 is 0. The van der Waals surface area contributed by atoms with Gasteiger partial charge in [0.15, 0.2) is 5.78 Å². The van der Waals surface area contributed by atoms with E-state index in [9.17, 15) is 4.79 Å². The van der Waals surface area contributed by atoms with Gasteiger partial charge in [0.1, 0.15) is 0 Å². The standard InChI is InChI=1S/C16H17NOS/c1-2-17(13-14-7-4-3-5-8-14)11-10-15(18)16-9-6-12-19-16/h3-12H,2,13H2,1H3/b11-10-. The molecule has 0 aliphatic rings. The highest BCUT2D eigenvalue weighted by Gasteiger charge is 2.03. The van der Waals surface area contributed by atoms with Gasteiger partial charge in [-0.3, -0.25) is 4.79 Å². The summed E-state index contributed by atoms with van der Waals surface area (Å²) in [5.74, 6) is 0.0708. The van der Waals surface area contributed by atoms with Gasteiger partial charge in [-0.15, -0.1) is 11.3 Å². The van der Waals surface area contributed by atoms with Crippen LogP contribution in [0.25, 0.3) is 0 Å². The predicted molar refractivity (Wildman–Crippen MR) is 80.3 cm³/mol. The highest BCUT2D eigenvalue weighted by Crippen LogP contribution is 2.10. The Kier molecular flexibility index (Phi) is 4.93. The Labute approximate surface area is 118 Å². The molecule has 1 heterocycles. The van der Waals surface area contributed by atoms with E-state index in [1.807, 2.05) is 41.9 Å². The zero-order chi connectivity index (χ0) is 13.5. The Morgan fingerprint density at radius 2 is 2.00 bits per heavy atom. The lowest BCUT2D eigenvalue weighted by Crippen LogP contribution is -2.16. The molecule has 0 N–H and O–H groups in total. The van der Waals surface area contributed by atoms with Crippen LogP contribution in [0.4, 0.5) is 0 Å². The first-order valence-corrected chi connectivity index (χ1v) is 7.21. The number of ketones is 1. The summed E-state index contributed by atoms with van der Waals surface area (Å²) in [7, 11) is 0. The van der Waals surface area contributed by atoms with Gasteiger partial charge in [0, 0.05) is 25.4 Å². The van der Waals surface area contributed by atoms with Crippen LogP contribution in [-0.2, 0) is 6.54 Å². The largest absolute Gasteiger partial charge is 0.373 e. The van der Waals surface area contributed by atoms with E-state index in [0.717, 1.165) is 18.0 Å². The molecular weight excluding hydrogens is 254 g/mol. The van der Waals surface area contributed by atoms with E-state index < -0.39 is 0 Å². The van der Waals surface area contributed by atoms with Gasteiger partial charge < -0.3 is 4.90 Å². The van der Waals surface area contributed by atoms with Crippen molar-refractivity contribution in [3.63, 3.8) is 0 Å². The molecular formula is C16H17NOS. The van der Waals surface area contributed by atoms with Crippen molar-refractivity contribution < 1.29 is 4.79 Å². The fourth-order valence-corrected chi connectivity index (χ4v) is 2.41. The number of hydrogen-bond donors (Lipinski definition) is 0. The van der Waals surface area contributed by atoms with Crippen LogP contribution in [0, 0.1) is 0 Å². The Morgan fingerprint density at radius 3 is 2.63 bits per heavy atom. The summed E-state index contributed by atoms with van der Waals surface area (Å²) in [5, 5.41) is 1.92. The average Bonchev–Trinajstić information content (AvgIpc) is 2.98. The molecule has 3 heteroatoms. The van der Waals surface area contributed by atoms with E-state index in [1.54, 1.807) is 6.08 Å². The normalized spacial score (nSPS) is 10.8. The van der Waals surface area contributed by atoms with Crippen LogP contribution in [0.15, 0.2) is 60.1 Å². The zero-order valence-electron chi connectivity index (χ0n) is 11.0. The first-order chi connectivity index (χ1) is 9.29. The molecule has 98 valence electrons. The summed E-state index contributed by atoms with van der Waals surface area (Å²) in [6, 6.07) is 14.0. The van der Waals surface area contributed by atoms with Gasteiger partial charge in [-0.1, -0.05) is 36.4 Å². The molecule has 0 aliphatic carbocycles. The molecule has 19 heavy (non-hydrogen) atoms. The van der Waals surface area contributed by atoms with Crippen LogP contribution in [-0.4, -0.2) is 17.2 Å². The second kappa shape index (κ2) is 6.90. The number of carbonyl (C=O) groups is 1. The maximum atomic E-state index is 11.9. The van der Waals surface area contributed by atoms with Gasteiger partial charge >= 0.3 is 0 Å². The van der Waals surface area contributed by atoms with Crippen molar-refractivity contribution in [3.8, 4) is 0 Å².